The molecule has 34 heavy (non-hydrogen) atoms. The number of carbonyl (C=O) groups excluding carboxylic acids is 1. The van der Waals surface area contributed by atoms with Crippen molar-refractivity contribution in [2.45, 2.75) is 13.8 Å². The van der Waals surface area contributed by atoms with E-state index in [2.05, 4.69) is 4.90 Å². The van der Waals surface area contributed by atoms with Crippen LogP contribution in [-0.2, 0) is 4.79 Å². The van der Waals surface area contributed by atoms with Gasteiger partial charge in [-0.05, 0) is 49.7 Å². The highest BCUT2D eigenvalue weighted by molar-refractivity contribution is 6.01. The maximum atomic E-state index is 13.0. The largest absolute Gasteiger partial charge is 0.457 e. The Morgan fingerprint density at radius 3 is 2.44 bits per heavy atom. The van der Waals surface area contributed by atoms with Crippen molar-refractivity contribution in [2.75, 3.05) is 31.1 Å². The summed E-state index contributed by atoms with van der Waals surface area (Å²) in [6.45, 7) is 5.92. The molecule has 1 fully saturated rings. The second-order valence-corrected chi connectivity index (χ2v) is 8.18. The molecule has 1 aliphatic rings. The number of carbonyl (C=O) groups is 1. The molecule has 8 nitrogen and oxygen atoms in total. The van der Waals surface area contributed by atoms with Gasteiger partial charge in [0.05, 0.1) is 4.92 Å². The number of nitriles is 1. The highest BCUT2D eigenvalue weighted by atomic mass is 16.6. The fourth-order valence-electron chi connectivity index (χ4n) is 4.02. The Morgan fingerprint density at radius 2 is 1.79 bits per heavy atom. The molecule has 8 heteroatoms. The Hall–Kier alpha value is -4.38. The summed E-state index contributed by atoms with van der Waals surface area (Å²) in [4.78, 5) is 27.8. The molecule has 1 amide bonds. The average Bonchev–Trinajstić information content (AvgIpc) is 3.33. The lowest BCUT2D eigenvalue weighted by Gasteiger charge is -2.36. The number of benzene rings is 2. The standard InChI is InChI=1S/C26H24N4O4/c1-18-14-20(16-24(19(18)2)30(32)33)25-9-8-23(34-25)15-21(17-27)26(31)29-12-10-28(11-13-29)22-6-4-3-5-7-22/h3-9,14-16H,10-13H2,1-2H3/b21-15-. The van der Waals surface area contributed by atoms with Gasteiger partial charge in [-0.15, -0.1) is 0 Å². The van der Waals surface area contributed by atoms with E-state index in [9.17, 15) is 20.2 Å². The number of anilines is 1. The molecule has 0 radical (unpaired) electrons. The van der Waals surface area contributed by atoms with Crippen molar-refractivity contribution < 1.29 is 14.1 Å². The van der Waals surface area contributed by atoms with Crippen LogP contribution in [0.25, 0.3) is 17.4 Å². The minimum absolute atomic E-state index is 0.0138. The number of piperazine rings is 1. The van der Waals surface area contributed by atoms with E-state index in [0.717, 1.165) is 11.3 Å². The molecule has 0 atom stereocenters. The van der Waals surface area contributed by atoms with E-state index in [1.54, 1.807) is 30.9 Å². The molecule has 0 saturated carbocycles. The quantitative estimate of drug-likeness (QED) is 0.238. The van der Waals surface area contributed by atoms with Crippen molar-refractivity contribution in [3.63, 3.8) is 0 Å². The van der Waals surface area contributed by atoms with Crippen LogP contribution in [0.4, 0.5) is 11.4 Å². The number of amides is 1. The van der Waals surface area contributed by atoms with Gasteiger partial charge in [-0.2, -0.15) is 5.26 Å². The first-order valence-electron chi connectivity index (χ1n) is 10.9. The van der Waals surface area contributed by atoms with Crippen LogP contribution < -0.4 is 4.90 Å². The van der Waals surface area contributed by atoms with Crippen LogP contribution >= 0.6 is 0 Å². The molecule has 0 bridgehead atoms. The van der Waals surface area contributed by atoms with E-state index in [1.165, 1.54) is 12.1 Å². The highest BCUT2D eigenvalue weighted by Crippen LogP contribution is 2.31. The number of aryl methyl sites for hydroxylation is 1. The van der Waals surface area contributed by atoms with E-state index < -0.39 is 4.92 Å². The fourth-order valence-corrected chi connectivity index (χ4v) is 4.02. The third-order valence-corrected chi connectivity index (χ3v) is 6.07. The first kappa shape index (κ1) is 22.8. The lowest BCUT2D eigenvalue weighted by molar-refractivity contribution is -0.385. The lowest BCUT2D eigenvalue weighted by Crippen LogP contribution is -2.49. The maximum absolute atomic E-state index is 13.0. The summed E-state index contributed by atoms with van der Waals surface area (Å²) in [5.41, 5.74) is 3.06. The normalized spacial score (nSPS) is 14.1. The molecule has 1 saturated heterocycles. The molecule has 4 rings (SSSR count). The van der Waals surface area contributed by atoms with Crippen molar-refractivity contribution in [3.05, 3.63) is 87.2 Å². The summed E-state index contributed by atoms with van der Waals surface area (Å²) in [6.07, 6.45) is 1.42. The summed E-state index contributed by atoms with van der Waals surface area (Å²) >= 11 is 0. The van der Waals surface area contributed by atoms with E-state index >= 15 is 0 Å². The Labute approximate surface area is 197 Å². The monoisotopic (exact) mass is 456 g/mol. The summed E-state index contributed by atoms with van der Waals surface area (Å²) in [6, 6.07) is 18.6. The van der Waals surface area contributed by atoms with Gasteiger partial charge in [-0.3, -0.25) is 14.9 Å². The second-order valence-electron chi connectivity index (χ2n) is 8.18. The Bertz CT molecular complexity index is 1300. The van der Waals surface area contributed by atoms with Crippen LogP contribution in [0.1, 0.15) is 16.9 Å². The van der Waals surface area contributed by atoms with Gasteiger partial charge in [0.2, 0.25) is 0 Å². The predicted octanol–water partition coefficient (Wildman–Crippen LogP) is 4.73. The molecule has 2 aromatic carbocycles. The van der Waals surface area contributed by atoms with Gasteiger partial charge in [-0.1, -0.05) is 18.2 Å². The van der Waals surface area contributed by atoms with Gasteiger partial charge >= 0.3 is 0 Å². The summed E-state index contributed by atoms with van der Waals surface area (Å²) < 4.78 is 5.81. The number of nitro benzene ring substituents is 1. The number of hydrogen-bond donors (Lipinski definition) is 0. The van der Waals surface area contributed by atoms with Crippen LogP contribution in [-0.4, -0.2) is 41.9 Å². The topological polar surface area (TPSA) is 104 Å². The fraction of sp³-hybridized carbons (Fsp3) is 0.231. The van der Waals surface area contributed by atoms with E-state index in [4.69, 9.17) is 4.42 Å². The SMILES string of the molecule is Cc1cc(-c2ccc(/C=C(/C#N)C(=O)N3CCN(c4ccccc4)CC3)o2)cc([N+](=O)[O-])c1C. The summed E-state index contributed by atoms with van der Waals surface area (Å²) in [5, 5.41) is 21.0. The lowest BCUT2D eigenvalue weighted by atomic mass is 10.0. The van der Waals surface area contributed by atoms with Crippen LogP contribution in [0, 0.1) is 35.3 Å². The molecule has 172 valence electrons. The Kier molecular flexibility index (Phi) is 6.46. The van der Waals surface area contributed by atoms with Crippen molar-refractivity contribution in [3.8, 4) is 17.4 Å². The summed E-state index contributed by atoms with van der Waals surface area (Å²) in [7, 11) is 0. The van der Waals surface area contributed by atoms with Crippen LogP contribution in [0.3, 0.4) is 0 Å². The molecule has 2 heterocycles. The van der Waals surface area contributed by atoms with Gasteiger partial charge in [0.1, 0.15) is 23.2 Å². The molecule has 1 aromatic heterocycles. The molecule has 0 aliphatic carbocycles. The third-order valence-electron chi connectivity index (χ3n) is 6.07. The number of rotatable bonds is 5. The smallest absolute Gasteiger partial charge is 0.273 e. The number of nitrogens with zero attached hydrogens (tertiary/aromatic N) is 4. The van der Waals surface area contributed by atoms with Gasteiger partial charge < -0.3 is 14.2 Å². The van der Waals surface area contributed by atoms with E-state index in [1.807, 2.05) is 42.5 Å². The zero-order chi connectivity index (χ0) is 24.2. The van der Waals surface area contributed by atoms with Crippen LogP contribution in [0.15, 0.2) is 64.6 Å². The number of furan rings is 1. The van der Waals surface area contributed by atoms with E-state index in [-0.39, 0.29) is 17.2 Å². The van der Waals surface area contributed by atoms with Gasteiger partial charge in [-0.25, -0.2) is 0 Å². The zero-order valence-electron chi connectivity index (χ0n) is 19.0. The van der Waals surface area contributed by atoms with Crippen LogP contribution in [0.2, 0.25) is 0 Å². The third kappa shape index (κ3) is 4.69. The first-order valence-corrected chi connectivity index (χ1v) is 10.9. The first-order chi connectivity index (χ1) is 16.4. The minimum atomic E-state index is -0.417. The Morgan fingerprint density at radius 1 is 1.09 bits per heavy atom. The molecule has 0 N–H and O–H groups in total. The predicted molar refractivity (Wildman–Crippen MR) is 129 cm³/mol. The molecule has 0 unspecified atom stereocenters. The minimum Gasteiger partial charge on any atom is -0.457 e. The van der Waals surface area contributed by atoms with Gasteiger partial charge in [0, 0.05) is 55.1 Å². The summed E-state index contributed by atoms with van der Waals surface area (Å²) in [5.74, 6) is 0.428. The number of hydrogen-bond acceptors (Lipinski definition) is 6. The highest BCUT2D eigenvalue weighted by Gasteiger charge is 2.24. The van der Waals surface area contributed by atoms with Gasteiger partial charge in [0.15, 0.2) is 0 Å². The molecule has 1 aliphatic heterocycles. The maximum Gasteiger partial charge on any atom is 0.273 e. The number of para-hydroxylation sites is 1. The zero-order valence-corrected chi connectivity index (χ0v) is 19.0. The van der Waals surface area contributed by atoms with Crippen molar-refractivity contribution in [2.24, 2.45) is 0 Å². The average molecular weight is 457 g/mol. The molecule has 3 aromatic rings. The van der Waals surface area contributed by atoms with Crippen molar-refractivity contribution in [1.82, 2.24) is 4.90 Å². The van der Waals surface area contributed by atoms with Crippen molar-refractivity contribution >= 4 is 23.4 Å². The number of nitro groups is 1. The Balaban J connectivity index is 1.49. The molecular weight excluding hydrogens is 432 g/mol. The second kappa shape index (κ2) is 9.63. The molecular formula is C26H24N4O4. The van der Waals surface area contributed by atoms with Gasteiger partial charge in [0.25, 0.3) is 11.6 Å². The van der Waals surface area contributed by atoms with E-state index in [0.29, 0.717) is 48.8 Å². The molecule has 0 spiro atoms. The van der Waals surface area contributed by atoms with Crippen molar-refractivity contribution in [1.29, 1.82) is 5.26 Å². The van der Waals surface area contributed by atoms with Crippen LogP contribution in [0.5, 0.6) is 0 Å².